The van der Waals surface area contributed by atoms with Gasteiger partial charge in [0.25, 0.3) is 0 Å². The average molecular weight is 1120 g/mol. The second-order valence-corrected chi connectivity index (χ2v) is 30.7. The fourth-order valence-electron chi connectivity index (χ4n) is 23.1. The molecule has 10 aliphatic carbocycles. The molecule has 11 heteroatoms. The van der Waals surface area contributed by atoms with E-state index in [0.29, 0.717) is 51.1 Å². The standard InChI is InChI=1S/C71H99N3O8/c1-39(2)26-40-27-44(31-47(72)29-40)49-12-10-13-52(49)69(6)65(82-69)62(79)51-20-19-50-43(36-75)16-15-42-17-18-46(37-76)71-33-55-63-68(5,57(71)22-21-53-61(60(51)58(42)50)56(78)34-67(53,71)4)54-14-11-25-70(63,24-9-8-23-66(3,81)38-74-55)64(80)59(54)45-28-41(35-73-7)30-48(77)32-45/h11,14,19-20,27-32,39,42-43,46,49-52,54-55,57-60,62-63,65,73-77,79,81H,8-10,12-13,15-18,21-26,33-38,72H2,1-7H3/t42-,43+,46+,49-,50-,51+,52+,54+,55-,57-,58+,59-,60+,62-,63-,65-,66-,67+,68+,69-,70+,71-/m1/s1. The Morgan fingerprint density at radius 1 is 0.866 bits per heavy atom. The highest BCUT2D eigenvalue weighted by atomic mass is 16.6. The molecule has 2 spiro atoms. The average Bonchev–Trinajstić information content (AvgIpc) is 2.20. The molecule has 0 aromatic heterocycles. The Kier molecular flexibility index (Phi) is 14.5. The lowest BCUT2D eigenvalue weighted by molar-refractivity contribution is -0.237. The van der Waals surface area contributed by atoms with E-state index in [2.05, 4.69) is 93.8 Å². The Morgan fingerprint density at radius 3 is 2.41 bits per heavy atom. The maximum Gasteiger partial charge on any atom is 0.160 e. The molecule has 5 saturated carbocycles. The normalized spacial score (nSPS) is 46.0. The van der Waals surface area contributed by atoms with Crippen molar-refractivity contribution >= 4 is 17.3 Å². The Labute approximate surface area is 489 Å². The summed E-state index contributed by atoms with van der Waals surface area (Å²) < 4.78 is 7.00. The number of phenolic OH excluding ortho intramolecular Hbond substituents is 1. The Bertz CT molecular complexity index is 2930. The Hall–Kier alpha value is -3.68. The molecule has 2 saturated heterocycles. The van der Waals surface area contributed by atoms with Gasteiger partial charge in [-0.1, -0.05) is 89.0 Å². The van der Waals surface area contributed by atoms with E-state index in [4.69, 9.17) is 10.5 Å². The van der Waals surface area contributed by atoms with E-state index in [1.165, 1.54) is 16.7 Å². The number of β-amino-alcohol motifs (C(OH)–C–C–N with tert-alkyl or cyclic N) is 1. The number of ketones is 2. The van der Waals surface area contributed by atoms with Crippen molar-refractivity contribution in [1.29, 1.82) is 0 Å². The molecule has 11 nitrogen and oxygen atoms in total. The highest BCUT2D eigenvalue weighted by molar-refractivity contribution is 6.01. The van der Waals surface area contributed by atoms with Gasteiger partial charge >= 0.3 is 0 Å². The number of Topliss-reactive ketones (excluding diaryl/α,β-unsaturated/α-hetero) is 2. The summed E-state index contributed by atoms with van der Waals surface area (Å²) >= 11 is 0. The number of aliphatic hydroxyl groups is 4. The van der Waals surface area contributed by atoms with Gasteiger partial charge in [-0.3, -0.25) is 9.59 Å². The van der Waals surface area contributed by atoms with Gasteiger partial charge in [-0.2, -0.15) is 0 Å². The lowest BCUT2D eigenvalue weighted by Gasteiger charge is -2.74. The highest BCUT2D eigenvalue weighted by Gasteiger charge is 2.78. The summed E-state index contributed by atoms with van der Waals surface area (Å²) in [7, 11) is 1.91. The van der Waals surface area contributed by atoms with Gasteiger partial charge in [0.2, 0.25) is 0 Å². The number of allylic oxidation sites excluding steroid dienone is 5. The molecule has 14 rings (SSSR count). The van der Waals surface area contributed by atoms with Gasteiger partial charge in [0.1, 0.15) is 17.6 Å². The van der Waals surface area contributed by atoms with Gasteiger partial charge in [0.05, 0.1) is 23.2 Å². The molecule has 2 aromatic carbocycles. The summed E-state index contributed by atoms with van der Waals surface area (Å²) in [5.41, 5.74) is 9.98. The van der Waals surface area contributed by atoms with Crippen LogP contribution in [-0.2, 0) is 27.3 Å². The van der Waals surface area contributed by atoms with Crippen LogP contribution in [0.15, 0.2) is 71.8 Å². The van der Waals surface area contributed by atoms with Crippen LogP contribution in [0.5, 0.6) is 5.75 Å². The first kappa shape index (κ1) is 57.4. The van der Waals surface area contributed by atoms with Gasteiger partial charge in [0.15, 0.2) is 5.78 Å². The number of carbonyl (C=O) groups is 2. The van der Waals surface area contributed by atoms with Crippen LogP contribution < -0.4 is 16.4 Å². The monoisotopic (exact) mass is 1120 g/mol. The number of nitrogens with two attached hydrogens (primary N) is 1. The summed E-state index contributed by atoms with van der Waals surface area (Å²) in [5.74, 6) is 0.371. The van der Waals surface area contributed by atoms with Crippen LogP contribution in [0.4, 0.5) is 5.69 Å². The minimum Gasteiger partial charge on any atom is -0.508 e. The number of phenols is 1. The fourth-order valence-corrected chi connectivity index (χ4v) is 23.1. The summed E-state index contributed by atoms with van der Waals surface area (Å²) in [4.78, 5) is 32.6. The van der Waals surface area contributed by atoms with Gasteiger partial charge in [-0.25, -0.2) is 0 Å². The third-order valence-corrected chi connectivity index (χ3v) is 26.0. The second kappa shape index (κ2) is 20.8. The Morgan fingerprint density at radius 2 is 1.65 bits per heavy atom. The van der Waals surface area contributed by atoms with Crippen molar-refractivity contribution in [2.45, 2.75) is 199 Å². The van der Waals surface area contributed by atoms with E-state index in [0.717, 1.165) is 99.4 Å². The van der Waals surface area contributed by atoms with Crippen molar-refractivity contribution in [2.75, 3.05) is 32.5 Å². The summed E-state index contributed by atoms with van der Waals surface area (Å²) in [6.45, 7) is 14.6. The number of nitrogens with one attached hydrogen (secondary N) is 2. The van der Waals surface area contributed by atoms with E-state index in [1.54, 1.807) is 6.07 Å². The predicted molar refractivity (Wildman–Crippen MR) is 320 cm³/mol. The molecule has 446 valence electrons. The van der Waals surface area contributed by atoms with Crippen molar-refractivity contribution < 1.29 is 39.9 Å². The van der Waals surface area contributed by atoms with Gasteiger partial charge in [-0.05, 0) is 238 Å². The molecular weight excluding hydrogens is 1020 g/mol. The number of rotatable bonds is 11. The molecule has 2 heterocycles. The smallest absolute Gasteiger partial charge is 0.160 e. The molecule has 0 amide bonds. The van der Waals surface area contributed by atoms with E-state index < -0.39 is 51.0 Å². The number of epoxide rings is 1. The molecule has 12 aliphatic rings. The summed E-state index contributed by atoms with van der Waals surface area (Å²) in [6, 6.07) is 12.3. The number of benzene rings is 2. The van der Waals surface area contributed by atoms with Crippen LogP contribution in [0.1, 0.15) is 178 Å². The van der Waals surface area contributed by atoms with Crippen molar-refractivity contribution in [3.05, 3.63) is 94.1 Å². The van der Waals surface area contributed by atoms with Crippen LogP contribution in [0, 0.1) is 92.7 Å². The predicted octanol–water partition coefficient (Wildman–Crippen LogP) is 10.7. The molecule has 22 atom stereocenters. The molecule has 2 aromatic rings. The number of carbonyl (C=O) groups excluding carboxylic acids is 2. The molecule has 7 fully saturated rings. The number of anilines is 1. The number of hydrogen-bond donors (Lipinski definition) is 8. The third-order valence-electron chi connectivity index (χ3n) is 26.0. The minimum absolute atomic E-state index is 0.0128. The number of hydrogen-bond acceptors (Lipinski definition) is 11. The number of aliphatic hydroxyl groups excluding tert-OH is 3. The van der Waals surface area contributed by atoms with Crippen molar-refractivity contribution in [3.63, 3.8) is 0 Å². The van der Waals surface area contributed by atoms with Gasteiger partial charge in [-0.15, -0.1) is 0 Å². The zero-order valence-electron chi connectivity index (χ0n) is 50.5. The maximum atomic E-state index is 16.3. The van der Waals surface area contributed by atoms with Crippen molar-refractivity contribution in [2.24, 2.45) is 92.7 Å². The van der Waals surface area contributed by atoms with Crippen LogP contribution in [0.3, 0.4) is 0 Å². The third kappa shape index (κ3) is 8.53. The quantitative estimate of drug-likeness (QED) is 0.0605. The first-order valence-electron chi connectivity index (χ1n) is 32.7. The van der Waals surface area contributed by atoms with Crippen LogP contribution in [-0.4, -0.2) is 93.4 Å². The first-order valence-corrected chi connectivity index (χ1v) is 32.7. The molecule has 0 unspecified atom stereocenters. The molecule has 82 heavy (non-hydrogen) atoms. The molecule has 2 aliphatic heterocycles. The number of fused-ring (bicyclic) bond motifs is 3. The lowest BCUT2D eigenvalue weighted by Crippen LogP contribution is -2.74. The highest BCUT2D eigenvalue weighted by Crippen LogP contribution is 2.80. The SMILES string of the molecule is CNCc1cc(O)cc([C@H]2C(=O)[C@]34CC=C[C@@H]2[C@@]2(C)[C@H]5CCC6=C7C(=O)C[C@]6(C)[C@]5(C[C@@H](NC[C@](C)(O)CCCC3)[C@@H]42)[C@H](CO)CC[C@H]2CC[C@@H](CO)[C@H]3C=C[C@H]([C@@H](O)[C@H]4O[C@]4(C)[C@H]4CCC[C@@H]4c4cc(N)cc(CC(C)C)c4)[C@H]7[C@@H]23)c1. The van der Waals surface area contributed by atoms with Crippen LogP contribution in [0.2, 0.25) is 0 Å². The molecule has 0 radical (unpaired) electrons. The number of ether oxygens (including phenoxy) is 1. The molecule has 6 bridgehead atoms. The largest absolute Gasteiger partial charge is 0.508 e. The van der Waals surface area contributed by atoms with Crippen LogP contribution in [0.25, 0.3) is 0 Å². The number of nitrogen functional groups attached to an aromatic ring is 1. The molecular formula is C71H99N3O8. The van der Waals surface area contributed by atoms with E-state index in [9.17, 15) is 25.5 Å². The number of aromatic hydroxyl groups is 1. The second-order valence-electron chi connectivity index (χ2n) is 30.7. The fraction of sp³-hybridized carbons (Fsp3) is 0.718. The minimum atomic E-state index is -0.962. The summed E-state index contributed by atoms with van der Waals surface area (Å²) in [6.07, 6.45) is 21.8. The molecule has 9 N–H and O–H groups in total. The van der Waals surface area contributed by atoms with E-state index in [-0.39, 0.29) is 108 Å². The first-order chi connectivity index (χ1) is 39.2. The Balaban J connectivity index is 0.954. The van der Waals surface area contributed by atoms with Crippen molar-refractivity contribution in [3.8, 4) is 5.75 Å². The van der Waals surface area contributed by atoms with Crippen LogP contribution >= 0.6 is 0 Å². The zero-order valence-corrected chi connectivity index (χ0v) is 50.5. The van der Waals surface area contributed by atoms with E-state index >= 15 is 9.59 Å². The summed E-state index contributed by atoms with van der Waals surface area (Å²) in [5, 5.41) is 68.2. The van der Waals surface area contributed by atoms with Gasteiger partial charge < -0.3 is 46.6 Å². The van der Waals surface area contributed by atoms with E-state index in [1.807, 2.05) is 20.0 Å². The topological polar surface area (TPSA) is 198 Å². The van der Waals surface area contributed by atoms with Gasteiger partial charge in [0, 0.05) is 61.2 Å². The lowest BCUT2D eigenvalue weighted by atomic mass is 9.29. The zero-order chi connectivity index (χ0) is 57.6. The maximum absolute atomic E-state index is 16.3. The van der Waals surface area contributed by atoms with Crippen molar-refractivity contribution in [1.82, 2.24) is 10.6 Å².